The monoisotopic (exact) mass is 388 g/mol. The van der Waals surface area contributed by atoms with Gasteiger partial charge in [0.1, 0.15) is 12.2 Å². The molecule has 10 heteroatoms. The fraction of sp³-hybridized carbons (Fsp3) is 0.588. The minimum Gasteiger partial charge on any atom is -0.363 e. The molecule has 0 aromatic heterocycles. The first-order valence-electron chi connectivity index (χ1n) is 8.65. The maximum atomic E-state index is 12.7. The number of hydrogen-bond acceptors (Lipinski definition) is 5. The average molecular weight is 388 g/mol. The predicted molar refractivity (Wildman–Crippen MR) is 94.7 cm³/mol. The van der Waals surface area contributed by atoms with Gasteiger partial charge < -0.3 is 9.80 Å². The molecule has 1 aliphatic rings. The van der Waals surface area contributed by atoms with Crippen LogP contribution in [-0.2, 0) is 4.79 Å². The minimum absolute atomic E-state index is 0.0122. The molecule has 150 valence electrons. The highest BCUT2D eigenvalue weighted by atomic mass is 19.4. The fourth-order valence-electron chi connectivity index (χ4n) is 3.07. The molecule has 0 bridgehead atoms. The van der Waals surface area contributed by atoms with Crippen molar-refractivity contribution in [2.45, 2.75) is 26.1 Å². The summed E-state index contributed by atoms with van der Waals surface area (Å²) in [5, 5.41) is 11.2. The summed E-state index contributed by atoms with van der Waals surface area (Å²) in [4.78, 5) is 27.5. The number of rotatable bonds is 6. The first-order valence-corrected chi connectivity index (χ1v) is 8.65. The van der Waals surface area contributed by atoms with Crippen molar-refractivity contribution in [1.29, 1.82) is 0 Å². The molecular formula is C17H23F3N4O3. The highest BCUT2D eigenvalue weighted by Crippen LogP contribution is 2.28. The SMILES string of the molecule is CC(C)N(CC(F)(F)F)C(=O)CN1CCN(c2ccccc2[N+](=O)[O-])CC1. The molecule has 7 nitrogen and oxygen atoms in total. The van der Waals surface area contributed by atoms with Crippen LogP contribution in [0.2, 0.25) is 0 Å². The number of nitro groups is 1. The van der Waals surface area contributed by atoms with Gasteiger partial charge in [-0.2, -0.15) is 13.2 Å². The molecule has 1 fully saturated rings. The van der Waals surface area contributed by atoms with Crippen LogP contribution in [0.1, 0.15) is 13.8 Å². The Labute approximate surface area is 155 Å². The summed E-state index contributed by atoms with van der Waals surface area (Å²) in [6.07, 6.45) is -4.44. The van der Waals surface area contributed by atoms with E-state index < -0.39 is 29.6 Å². The Kier molecular flexibility index (Phi) is 6.63. The van der Waals surface area contributed by atoms with Crippen LogP contribution in [0.4, 0.5) is 24.5 Å². The van der Waals surface area contributed by atoms with Crippen molar-refractivity contribution in [1.82, 2.24) is 9.80 Å². The van der Waals surface area contributed by atoms with Crippen LogP contribution in [0.25, 0.3) is 0 Å². The van der Waals surface area contributed by atoms with Crippen molar-refractivity contribution in [2.75, 3.05) is 44.2 Å². The first kappa shape index (κ1) is 20.9. The summed E-state index contributed by atoms with van der Waals surface area (Å²) in [5.74, 6) is -0.568. The van der Waals surface area contributed by atoms with E-state index in [0.29, 0.717) is 31.9 Å². The van der Waals surface area contributed by atoms with Gasteiger partial charge >= 0.3 is 6.18 Å². The Morgan fingerprint density at radius 3 is 2.33 bits per heavy atom. The van der Waals surface area contributed by atoms with E-state index in [2.05, 4.69) is 0 Å². The normalized spacial score (nSPS) is 15.9. The van der Waals surface area contributed by atoms with Gasteiger partial charge in [-0.15, -0.1) is 0 Å². The lowest BCUT2D eigenvalue weighted by molar-refractivity contribution is -0.384. The lowest BCUT2D eigenvalue weighted by Gasteiger charge is -2.37. The first-order chi connectivity index (χ1) is 12.6. The van der Waals surface area contributed by atoms with E-state index in [4.69, 9.17) is 0 Å². The third kappa shape index (κ3) is 5.81. The van der Waals surface area contributed by atoms with Crippen LogP contribution < -0.4 is 4.90 Å². The zero-order chi connectivity index (χ0) is 20.2. The van der Waals surface area contributed by atoms with E-state index in [0.717, 1.165) is 4.90 Å². The lowest BCUT2D eigenvalue weighted by atomic mass is 10.2. The van der Waals surface area contributed by atoms with Crippen LogP contribution in [-0.4, -0.2) is 72.1 Å². The quantitative estimate of drug-likeness (QED) is 0.553. The molecule has 27 heavy (non-hydrogen) atoms. The third-order valence-corrected chi connectivity index (χ3v) is 4.44. The van der Waals surface area contributed by atoms with Gasteiger partial charge in [-0.25, -0.2) is 0 Å². The standard InChI is InChI=1S/C17H23F3N4O3/c1-13(2)23(12-17(18,19)20)16(25)11-21-7-9-22(10-8-21)14-5-3-4-6-15(14)24(26)27/h3-6,13H,7-12H2,1-2H3. The fourth-order valence-corrected chi connectivity index (χ4v) is 3.07. The van der Waals surface area contributed by atoms with Crippen LogP contribution in [0.5, 0.6) is 0 Å². The topological polar surface area (TPSA) is 69.9 Å². The van der Waals surface area contributed by atoms with Gasteiger partial charge in [-0.3, -0.25) is 19.8 Å². The number of benzene rings is 1. The van der Waals surface area contributed by atoms with Gasteiger partial charge in [0.15, 0.2) is 0 Å². The van der Waals surface area contributed by atoms with Crippen molar-refractivity contribution in [2.24, 2.45) is 0 Å². The largest absolute Gasteiger partial charge is 0.406 e. The molecular weight excluding hydrogens is 365 g/mol. The second kappa shape index (κ2) is 8.55. The summed E-state index contributed by atoms with van der Waals surface area (Å²) in [5.41, 5.74) is 0.521. The zero-order valence-corrected chi connectivity index (χ0v) is 15.3. The number of piperazine rings is 1. The molecule has 1 aromatic carbocycles. The Hall–Kier alpha value is -2.36. The number of halogens is 3. The molecule has 1 aromatic rings. The van der Waals surface area contributed by atoms with E-state index in [1.54, 1.807) is 36.9 Å². The number of alkyl halides is 3. The van der Waals surface area contributed by atoms with Gasteiger partial charge in [0, 0.05) is 38.3 Å². The van der Waals surface area contributed by atoms with Crippen LogP contribution >= 0.6 is 0 Å². The smallest absolute Gasteiger partial charge is 0.363 e. The Morgan fingerprint density at radius 2 is 1.81 bits per heavy atom. The summed E-state index contributed by atoms with van der Waals surface area (Å²) in [6.45, 7) is 3.54. The second-order valence-corrected chi connectivity index (χ2v) is 6.74. The van der Waals surface area contributed by atoms with Crippen molar-refractivity contribution >= 4 is 17.3 Å². The van der Waals surface area contributed by atoms with E-state index in [1.165, 1.54) is 6.07 Å². The Balaban J connectivity index is 1.96. The summed E-state index contributed by atoms with van der Waals surface area (Å²) in [7, 11) is 0. The minimum atomic E-state index is -4.44. The number of para-hydroxylation sites is 2. The number of amides is 1. The molecule has 2 rings (SSSR count). The molecule has 0 saturated carbocycles. The maximum absolute atomic E-state index is 12.7. The molecule has 1 aliphatic heterocycles. The maximum Gasteiger partial charge on any atom is 0.406 e. The molecule has 0 atom stereocenters. The van der Waals surface area contributed by atoms with Crippen LogP contribution in [0, 0.1) is 10.1 Å². The molecule has 0 radical (unpaired) electrons. The second-order valence-electron chi connectivity index (χ2n) is 6.74. The summed E-state index contributed by atoms with van der Waals surface area (Å²) >= 11 is 0. The number of carbonyl (C=O) groups excluding carboxylic acids is 1. The van der Waals surface area contributed by atoms with Crippen LogP contribution in [0.3, 0.4) is 0 Å². The van der Waals surface area contributed by atoms with Crippen molar-refractivity contribution < 1.29 is 22.9 Å². The van der Waals surface area contributed by atoms with Gasteiger partial charge in [-0.05, 0) is 19.9 Å². The Morgan fingerprint density at radius 1 is 1.22 bits per heavy atom. The highest BCUT2D eigenvalue weighted by Gasteiger charge is 2.35. The van der Waals surface area contributed by atoms with Gasteiger partial charge in [0.2, 0.25) is 5.91 Å². The molecule has 1 heterocycles. The van der Waals surface area contributed by atoms with E-state index in [-0.39, 0.29) is 12.2 Å². The van der Waals surface area contributed by atoms with E-state index in [1.807, 2.05) is 4.90 Å². The third-order valence-electron chi connectivity index (χ3n) is 4.44. The molecule has 0 aliphatic carbocycles. The van der Waals surface area contributed by atoms with Crippen LogP contribution in [0.15, 0.2) is 24.3 Å². The van der Waals surface area contributed by atoms with Gasteiger partial charge in [-0.1, -0.05) is 12.1 Å². The Bertz CT molecular complexity index is 674. The molecule has 1 amide bonds. The van der Waals surface area contributed by atoms with Crippen molar-refractivity contribution in [3.05, 3.63) is 34.4 Å². The van der Waals surface area contributed by atoms with Crippen molar-refractivity contribution in [3.63, 3.8) is 0 Å². The lowest BCUT2D eigenvalue weighted by Crippen LogP contribution is -2.52. The predicted octanol–water partition coefficient (Wildman–Crippen LogP) is 2.52. The summed E-state index contributed by atoms with van der Waals surface area (Å²) < 4.78 is 38.0. The molecule has 0 N–H and O–H groups in total. The number of anilines is 1. The van der Waals surface area contributed by atoms with E-state index >= 15 is 0 Å². The highest BCUT2D eigenvalue weighted by molar-refractivity contribution is 5.78. The van der Waals surface area contributed by atoms with Gasteiger partial charge in [0.05, 0.1) is 11.5 Å². The number of nitrogens with zero attached hydrogens (tertiary/aromatic N) is 4. The number of carbonyl (C=O) groups is 1. The van der Waals surface area contributed by atoms with E-state index in [9.17, 15) is 28.1 Å². The van der Waals surface area contributed by atoms with Crippen molar-refractivity contribution in [3.8, 4) is 0 Å². The summed E-state index contributed by atoms with van der Waals surface area (Å²) in [6, 6.07) is 5.87. The van der Waals surface area contributed by atoms with Gasteiger partial charge in [0.25, 0.3) is 5.69 Å². The molecule has 0 unspecified atom stereocenters. The number of nitro benzene ring substituents is 1. The molecule has 0 spiro atoms. The average Bonchev–Trinajstić information content (AvgIpc) is 2.59. The zero-order valence-electron chi connectivity index (χ0n) is 15.3. The molecule has 1 saturated heterocycles. The number of hydrogen-bond donors (Lipinski definition) is 0.